The van der Waals surface area contributed by atoms with Crippen LogP contribution in [0.25, 0.3) is 5.57 Å². The van der Waals surface area contributed by atoms with Crippen molar-refractivity contribution in [3.63, 3.8) is 0 Å². The molecule has 1 heterocycles. The largest absolute Gasteiger partial charge is 0.309 e. The molecule has 0 bridgehead atoms. The van der Waals surface area contributed by atoms with Gasteiger partial charge in [-0.15, -0.1) is 0 Å². The second kappa shape index (κ2) is 11.2. The van der Waals surface area contributed by atoms with Crippen LogP contribution in [-0.4, -0.2) is 56.5 Å². The predicted octanol–water partition coefficient (Wildman–Crippen LogP) is 8.33. The first-order chi connectivity index (χ1) is 21.7. The predicted molar refractivity (Wildman–Crippen MR) is 192 cm³/mol. The zero-order chi connectivity index (χ0) is 32.8. The summed E-state index contributed by atoms with van der Waals surface area (Å²) in [6.45, 7) is 23.2. The van der Waals surface area contributed by atoms with Crippen LogP contribution in [0.15, 0.2) is 60.2 Å². The molecule has 46 heavy (non-hydrogen) atoms. The van der Waals surface area contributed by atoms with Gasteiger partial charge in [-0.2, -0.15) is 0 Å². The van der Waals surface area contributed by atoms with E-state index in [0.717, 1.165) is 25.4 Å². The third-order valence-corrected chi connectivity index (χ3v) is 17.2. The van der Waals surface area contributed by atoms with Crippen molar-refractivity contribution in [2.45, 2.75) is 98.4 Å². The number of hydrogen-bond acceptors (Lipinski definition) is 4. The van der Waals surface area contributed by atoms with E-state index in [4.69, 9.17) is 0 Å². The highest BCUT2D eigenvalue weighted by Crippen LogP contribution is 2.76. The Bertz CT molecular complexity index is 1530. The van der Waals surface area contributed by atoms with Gasteiger partial charge in [-0.1, -0.05) is 89.3 Å². The number of sulfone groups is 1. The van der Waals surface area contributed by atoms with Gasteiger partial charge in [-0.05, 0) is 114 Å². The standard InChI is InChI=1S/C41H60N2O2S/c1-29(2)31-15-20-41(42-23-24-43-25-27-46(44,45)28-26-43)22-21-39(6)33(36(31)41)13-14-35-38(5)18-16-32(30-11-9-8-10-12-30)37(3,4)34(38)17-19-40(35,39)7/h8-12,15-16,33-36,42H,1,13-14,17-28H2,2-7H3/t33-,34+,35-,36-,38+,39-,40-,41+/m1/s1. The van der Waals surface area contributed by atoms with Crippen LogP contribution in [0.4, 0.5) is 0 Å². The Kier molecular flexibility index (Phi) is 7.97. The normalized spacial score (nSPS) is 42.9. The molecule has 1 aromatic carbocycles. The summed E-state index contributed by atoms with van der Waals surface area (Å²) < 4.78 is 24.0. The molecule has 1 aliphatic heterocycles. The Morgan fingerprint density at radius 1 is 0.891 bits per heavy atom. The van der Waals surface area contributed by atoms with Crippen molar-refractivity contribution in [3.05, 3.63) is 65.8 Å². The van der Waals surface area contributed by atoms with E-state index < -0.39 is 9.84 Å². The molecular formula is C41H60N2O2S. The number of nitrogens with one attached hydrogen (secondary N) is 1. The van der Waals surface area contributed by atoms with Crippen LogP contribution in [0.5, 0.6) is 0 Å². The van der Waals surface area contributed by atoms with Gasteiger partial charge in [-0.25, -0.2) is 8.42 Å². The Morgan fingerprint density at radius 3 is 2.30 bits per heavy atom. The molecule has 3 saturated carbocycles. The highest BCUT2D eigenvalue weighted by molar-refractivity contribution is 7.91. The molecule has 0 unspecified atom stereocenters. The lowest BCUT2D eigenvalue weighted by atomic mass is 9.33. The van der Waals surface area contributed by atoms with Crippen molar-refractivity contribution in [3.8, 4) is 0 Å². The molecule has 4 nitrogen and oxygen atoms in total. The molecule has 5 heteroatoms. The third-order valence-electron chi connectivity index (χ3n) is 15.5. The van der Waals surface area contributed by atoms with E-state index in [0.29, 0.717) is 58.6 Å². The smallest absolute Gasteiger partial charge is 0.152 e. The first kappa shape index (κ1) is 32.8. The number of benzene rings is 1. The number of nitrogens with zero attached hydrogens (tertiary/aromatic N) is 1. The Hall–Kier alpha value is -1.69. The monoisotopic (exact) mass is 644 g/mol. The van der Waals surface area contributed by atoms with E-state index in [9.17, 15) is 8.42 Å². The summed E-state index contributed by atoms with van der Waals surface area (Å²) in [4.78, 5) is 2.35. The van der Waals surface area contributed by atoms with Gasteiger partial charge in [0.05, 0.1) is 11.5 Å². The van der Waals surface area contributed by atoms with Crippen LogP contribution in [0.3, 0.4) is 0 Å². The van der Waals surface area contributed by atoms with Crippen molar-refractivity contribution in [2.24, 2.45) is 45.3 Å². The van der Waals surface area contributed by atoms with Crippen molar-refractivity contribution >= 4 is 15.4 Å². The molecule has 0 amide bonds. The van der Waals surface area contributed by atoms with Crippen LogP contribution in [0.2, 0.25) is 0 Å². The van der Waals surface area contributed by atoms with Crippen LogP contribution in [-0.2, 0) is 9.84 Å². The van der Waals surface area contributed by atoms with Gasteiger partial charge in [0, 0.05) is 37.6 Å². The van der Waals surface area contributed by atoms with Gasteiger partial charge in [-0.3, -0.25) is 0 Å². The summed E-state index contributed by atoms with van der Waals surface area (Å²) in [6, 6.07) is 11.2. The lowest BCUT2D eigenvalue weighted by Gasteiger charge is -2.72. The summed E-state index contributed by atoms with van der Waals surface area (Å²) in [5, 5.41) is 4.18. The van der Waals surface area contributed by atoms with Gasteiger partial charge < -0.3 is 10.2 Å². The Labute approximate surface area is 280 Å². The fourth-order valence-corrected chi connectivity index (χ4v) is 14.3. The summed E-state index contributed by atoms with van der Waals surface area (Å²) >= 11 is 0. The summed E-state index contributed by atoms with van der Waals surface area (Å²) in [5.41, 5.74) is 6.99. The zero-order valence-corrected chi connectivity index (χ0v) is 30.4. The molecule has 7 rings (SSSR count). The summed E-state index contributed by atoms with van der Waals surface area (Å²) in [5.74, 6) is 3.23. The van der Waals surface area contributed by atoms with Crippen molar-refractivity contribution in [2.75, 3.05) is 37.7 Å². The maximum Gasteiger partial charge on any atom is 0.152 e. The molecule has 8 atom stereocenters. The van der Waals surface area contributed by atoms with E-state index in [1.165, 1.54) is 61.7 Å². The van der Waals surface area contributed by atoms with Gasteiger partial charge in [0.1, 0.15) is 0 Å². The van der Waals surface area contributed by atoms with Crippen LogP contribution < -0.4 is 5.32 Å². The van der Waals surface area contributed by atoms with Crippen LogP contribution >= 0.6 is 0 Å². The van der Waals surface area contributed by atoms with E-state index in [2.05, 4.69) is 101 Å². The SMILES string of the molecule is C=C(C)C1=CC[C@]2(NCCN3CCS(=O)(=O)CC3)CC[C@]3(C)[C@H](CC[C@@H]4[C@@]5(C)CC=C(c6ccccc6)C(C)(C)[C@@H]5CC[C@]43C)[C@@H]12. The quantitative estimate of drug-likeness (QED) is 0.338. The van der Waals surface area contributed by atoms with Gasteiger partial charge in [0.25, 0.3) is 0 Å². The number of fused-ring (bicyclic) bond motifs is 7. The molecule has 0 radical (unpaired) electrons. The molecule has 0 spiro atoms. The van der Waals surface area contributed by atoms with E-state index in [1.54, 1.807) is 5.57 Å². The van der Waals surface area contributed by atoms with E-state index >= 15 is 0 Å². The minimum absolute atomic E-state index is 0.102. The molecule has 0 aromatic heterocycles. The van der Waals surface area contributed by atoms with Crippen LogP contribution in [0.1, 0.15) is 98.5 Å². The molecule has 4 fully saturated rings. The minimum Gasteiger partial charge on any atom is -0.309 e. The molecule has 252 valence electrons. The van der Waals surface area contributed by atoms with Crippen molar-refractivity contribution in [1.82, 2.24) is 10.2 Å². The molecule has 1 aromatic rings. The maximum absolute atomic E-state index is 12.0. The van der Waals surface area contributed by atoms with Crippen molar-refractivity contribution in [1.29, 1.82) is 0 Å². The van der Waals surface area contributed by atoms with Gasteiger partial charge in [0.15, 0.2) is 9.84 Å². The topological polar surface area (TPSA) is 49.4 Å². The maximum atomic E-state index is 12.0. The average molecular weight is 645 g/mol. The zero-order valence-electron chi connectivity index (χ0n) is 29.6. The fourth-order valence-electron chi connectivity index (χ4n) is 13.0. The lowest BCUT2D eigenvalue weighted by Crippen LogP contribution is -2.68. The molecule has 1 N–H and O–H groups in total. The Balaban J connectivity index is 1.16. The fraction of sp³-hybridized carbons (Fsp3) is 0.707. The lowest BCUT2D eigenvalue weighted by molar-refractivity contribution is -0.214. The summed E-state index contributed by atoms with van der Waals surface area (Å²) in [7, 11) is -2.85. The first-order valence-corrected chi connectivity index (χ1v) is 20.3. The van der Waals surface area contributed by atoms with Gasteiger partial charge >= 0.3 is 0 Å². The second-order valence-corrected chi connectivity index (χ2v) is 20.1. The second-order valence-electron chi connectivity index (χ2n) is 17.8. The highest BCUT2D eigenvalue weighted by Gasteiger charge is 2.69. The molecule has 5 aliphatic carbocycles. The van der Waals surface area contributed by atoms with Gasteiger partial charge in [0.2, 0.25) is 0 Å². The third kappa shape index (κ3) is 4.83. The highest BCUT2D eigenvalue weighted by atomic mass is 32.2. The molecule has 6 aliphatic rings. The number of hydrogen-bond donors (Lipinski definition) is 1. The first-order valence-electron chi connectivity index (χ1n) is 18.5. The van der Waals surface area contributed by atoms with Crippen molar-refractivity contribution < 1.29 is 8.42 Å². The average Bonchev–Trinajstić information content (AvgIpc) is 3.39. The minimum atomic E-state index is -2.85. The summed E-state index contributed by atoms with van der Waals surface area (Å²) in [6.07, 6.45) is 15.3. The van der Waals surface area contributed by atoms with Crippen LogP contribution in [0, 0.1) is 45.3 Å². The number of rotatable bonds is 6. The van der Waals surface area contributed by atoms with E-state index in [-0.39, 0.29) is 11.0 Å². The number of allylic oxidation sites excluding steroid dienone is 3. The van der Waals surface area contributed by atoms with E-state index in [1.807, 2.05) is 0 Å². The Morgan fingerprint density at radius 2 is 1.61 bits per heavy atom. The molecular weight excluding hydrogens is 585 g/mol. The molecule has 1 saturated heterocycles.